The average molecular weight is 234 g/mol. The maximum Gasteiger partial charge on any atom is 0.0602 e. The van der Waals surface area contributed by atoms with Crippen LogP contribution in [0.1, 0.15) is 46.2 Å². The highest BCUT2D eigenvalue weighted by Crippen LogP contribution is 2.32. The molecule has 0 bridgehead atoms. The average Bonchev–Trinajstić information content (AvgIpc) is 2.24. The van der Waals surface area contributed by atoms with Crippen molar-refractivity contribution in [1.82, 2.24) is 4.98 Å². The van der Waals surface area contributed by atoms with Crippen LogP contribution in [0.5, 0.6) is 0 Å². The summed E-state index contributed by atoms with van der Waals surface area (Å²) in [5.74, 6) is 0. The summed E-state index contributed by atoms with van der Waals surface area (Å²) < 4.78 is 0. The van der Waals surface area contributed by atoms with Gasteiger partial charge in [0.05, 0.1) is 8.80 Å². The van der Waals surface area contributed by atoms with Crippen molar-refractivity contribution < 1.29 is 0 Å². The van der Waals surface area contributed by atoms with Crippen molar-refractivity contribution in [3.05, 3.63) is 30.1 Å². The zero-order valence-corrected chi connectivity index (χ0v) is 12.1. The Bertz CT molecular complexity index is 289. The summed E-state index contributed by atoms with van der Waals surface area (Å²) in [6, 6.07) is 8.90. The molecule has 1 radical (unpaired) electrons. The predicted molar refractivity (Wildman–Crippen MR) is 73.1 cm³/mol. The normalized spacial score (nSPS) is 12.1. The first kappa shape index (κ1) is 13.4. The van der Waals surface area contributed by atoms with E-state index >= 15 is 0 Å². The standard InChI is InChI=1S/C14H24NSi/c1-5-6-11-16(14(2,3)4)12-13-9-7-8-10-15-13/h7-10H,5-6,11-12H2,1-4H3. The van der Waals surface area contributed by atoms with Crippen LogP contribution < -0.4 is 0 Å². The molecule has 16 heavy (non-hydrogen) atoms. The van der Waals surface area contributed by atoms with E-state index in [1.54, 1.807) is 0 Å². The van der Waals surface area contributed by atoms with Gasteiger partial charge in [0.15, 0.2) is 0 Å². The second-order valence-electron chi connectivity index (χ2n) is 5.45. The Kier molecular flexibility index (Phi) is 5.20. The van der Waals surface area contributed by atoms with E-state index < -0.39 is 0 Å². The van der Waals surface area contributed by atoms with Crippen molar-refractivity contribution in [1.29, 1.82) is 0 Å². The van der Waals surface area contributed by atoms with E-state index in [1.165, 1.54) is 30.6 Å². The van der Waals surface area contributed by atoms with Gasteiger partial charge < -0.3 is 0 Å². The largest absolute Gasteiger partial charge is 0.262 e. The van der Waals surface area contributed by atoms with E-state index in [1.807, 2.05) is 12.3 Å². The van der Waals surface area contributed by atoms with Crippen molar-refractivity contribution in [2.24, 2.45) is 0 Å². The molecule has 1 nitrogen and oxygen atoms in total. The minimum atomic E-state index is -0.338. The van der Waals surface area contributed by atoms with Gasteiger partial charge in [0.25, 0.3) is 0 Å². The van der Waals surface area contributed by atoms with Crippen LogP contribution in [0.3, 0.4) is 0 Å². The van der Waals surface area contributed by atoms with Crippen LogP contribution in [0.4, 0.5) is 0 Å². The molecule has 0 atom stereocenters. The summed E-state index contributed by atoms with van der Waals surface area (Å²) in [6.07, 6.45) is 4.60. The van der Waals surface area contributed by atoms with E-state index in [-0.39, 0.29) is 8.80 Å². The lowest BCUT2D eigenvalue weighted by Crippen LogP contribution is -2.28. The molecule has 1 rings (SSSR count). The summed E-state index contributed by atoms with van der Waals surface area (Å²) in [7, 11) is -0.338. The molecule has 0 fully saturated rings. The summed E-state index contributed by atoms with van der Waals surface area (Å²) in [5, 5.41) is 0.483. The number of hydrogen-bond donors (Lipinski definition) is 0. The third-order valence-corrected chi connectivity index (χ3v) is 6.88. The topological polar surface area (TPSA) is 12.9 Å². The molecule has 1 heterocycles. The van der Waals surface area contributed by atoms with Gasteiger partial charge in [0.1, 0.15) is 0 Å². The van der Waals surface area contributed by atoms with Gasteiger partial charge in [0, 0.05) is 11.9 Å². The number of aromatic nitrogens is 1. The fourth-order valence-electron chi connectivity index (χ4n) is 1.84. The zero-order valence-electron chi connectivity index (χ0n) is 11.1. The Morgan fingerprint density at radius 2 is 2.00 bits per heavy atom. The number of hydrogen-bond acceptors (Lipinski definition) is 1. The van der Waals surface area contributed by atoms with Crippen LogP contribution in [0.25, 0.3) is 0 Å². The third kappa shape index (κ3) is 4.48. The lowest BCUT2D eigenvalue weighted by Gasteiger charge is -2.29. The summed E-state index contributed by atoms with van der Waals surface area (Å²) in [5.41, 5.74) is 1.28. The molecule has 0 unspecified atom stereocenters. The molecule has 2 heteroatoms. The second-order valence-corrected chi connectivity index (χ2v) is 9.02. The first-order chi connectivity index (χ1) is 7.54. The molecule has 0 saturated carbocycles. The summed E-state index contributed by atoms with van der Waals surface area (Å²) in [4.78, 5) is 4.47. The fourth-order valence-corrected chi connectivity index (χ4v) is 4.72. The van der Waals surface area contributed by atoms with E-state index in [9.17, 15) is 0 Å². The van der Waals surface area contributed by atoms with Crippen LogP contribution in [0.2, 0.25) is 11.1 Å². The molecule has 89 valence electrons. The fraction of sp³-hybridized carbons (Fsp3) is 0.643. The Morgan fingerprint density at radius 1 is 1.25 bits per heavy atom. The lowest BCUT2D eigenvalue weighted by molar-refractivity contribution is 0.711. The number of rotatable bonds is 5. The van der Waals surface area contributed by atoms with Crippen molar-refractivity contribution in [3.8, 4) is 0 Å². The highest BCUT2D eigenvalue weighted by molar-refractivity contribution is 6.61. The molecule has 0 aromatic carbocycles. The van der Waals surface area contributed by atoms with Gasteiger partial charge in [-0.05, 0) is 23.2 Å². The summed E-state index contributed by atoms with van der Waals surface area (Å²) >= 11 is 0. The van der Waals surface area contributed by atoms with Crippen LogP contribution in [-0.4, -0.2) is 13.8 Å². The Hall–Kier alpha value is -0.633. The van der Waals surface area contributed by atoms with Crippen LogP contribution in [-0.2, 0) is 6.04 Å². The molecular formula is C14H24NSi. The van der Waals surface area contributed by atoms with Crippen LogP contribution >= 0.6 is 0 Å². The summed E-state index contributed by atoms with van der Waals surface area (Å²) in [6.45, 7) is 9.45. The highest BCUT2D eigenvalue weighted by atomic mass is 28.3. The first-order valence-electron chi connectivity index (χ1n) is 6.29. The first-order valence-corrected chi connectivity index (χ1v) is 8.20. The highest BCUT2D eigenvalue weighted by Gasteiger charge is 2.26. The van der Waals surface area contributed by atoms with Gasteiger partial charge in [-0.3, -0.25) is 4.98 Å². The molecule has 0 amide bonds. The van der Waals surface area contributed by atoms with Crippen molar-refractivity contribution in [3.63, 3.8) is 0 Å². The van der Waals surface area contributed by atoms with Crippen molar-refractivity contribution in [2.45, 2.75) is 57.7 Å². The second kappa shape index (κ2) is 6.19. The number of pyridine rings is 1. The molecular weight excluding hydrogens is 210 g/mol. The Balaban J connectivity index is 2.64. The molecule has 0 aliphatic rings. The molecule has 0 N–H and O–H groups in total. The third-order valence-electron chi connectivity index (χ3n) is 3.01. The molecule has 0 spiro atoms. The van der Waals surface area contributed by atoms with Gasteiger partial charge in [-0.15, -0.1) is 0 Å². The van der Waals surface area contributed by atoms with Crippen molar-refractivity contribution >= 4 is 8.80 Å². The molecule has 1 aromatic rings. The Morgan fingerprint density at radius 3 is 2.50 bits per heavy atom. The van der Waals surface area contributed by atoms with Crippen LogP contribution in [0, 0.1) is 0 Å². The van der Waals surface area contributed by atoms with E-state index in [2.05, 4.69) is 44.8 Å². The van der Waals surface area contributed by atoms with Gasteiger partial charge in [-0.1, -0.05) is 52.6 Å². The zero-order chi connectivity index (χ0) is 12.0. The molecule has 1 aromatic heterocycles. The van der Waals surface area contributed by atoms with E-state index in [0.717, 1.165) is 0 Å². The molecule has 0 aliphatic heterocycles. The smallest absolute Gasteiger partial charge is 0.0602 e. The number of nitrogens with zero attached hydrogens (tertiary/aromatic N) is 1. The van der Waals surface area contributed by atoms with Gasteiger partial charge in [-0.25, -0.2) is 0 Å². The lowest BCUT2D eigenvalue weighted by atomic mass is 10.2. The maximum absolute atomic E-state index is 4.47. The molecule has 0 saturated heterocycles. The predicted octanol–water partition coefficient (Wildman–Crippen LogP) is 4.26. The number of unbranched alkanes of at least 4 members (excludes halogenated alkanes) is 1. The van der Waals surface area contributed by atoms with E-state index in [0.29, 0.717) is 5.04 Å². The molecule has 0 aliphatic carbocycles. The quantitative estimate of drug-likeness (QED) is 0.694. The monoisotopic (exact) mass is 234 g/mol. The Labute approximate surface area is 102 Å². The minimum Gasteiger partial charge on any atom is -0.262 e. The minimum absolute atomic E-state index is 0.338. The van der Waals surface area contributed by atoms with Gasteiger partial charge in [-0.2, -0.15) is 0 Å². The van der Waals surface area contributed by atoms with Crippen LogP contribution in [0.15, 0.2) is 24.4 Å². The maximum atomic E-state index is 4.47. The van der Waals surface area contributed by atoms with E-state index in [4.69, 9.17) is 0 Å². The van der Waals surface area contributed by atoms with Gasteiger partial charge >= 0.3 is 0 Å². The SMILES string of the molecule is CCCC[Si](Cc1ccccn1)C(C)(C)C. The van der Waals surface area contributed by atoms with Gasteiger partial charge in [0.2, 0.25) is 0 Å². The van der Waals surface area contributed by atoms with Crippen molar-refractivity contribution in [2.75, 3.05) is 0 Å².